The van der Waals surface area contributed by atoms with Crippen LogP contribution in [0.4, 0.5) is 4.79 Å². The van der Waals surface area contributed by atoms with Crippen LogP contribution in [0.1, 0.15) is 58.6 Å². The van der Waals surface area contributed by atoms with Gasteiger partial charge in [0.15, 0.2) is 0 Å². The Balaban J connectivity index is 1.31. The SMILES string of the molecule is CNS(=O)(=O)c1cccc([C@H](C)N2C(=O)[C@@H]3C[C@H]2CN3C[C@H](NC(=O)OC(C)(C)C)C(=O)N2[C@H](C#N)C[C@@H]3C[C@@H]32)c1. The lowest BCUT2D eigenvalue weighted by Gasteiger charge is -2.39. The van der Waals surface area contributed by atoms with Crippen LogP contribution >= 0.6 is 0 Å². The largest absolute Gasteiger partial charge is 0.444 e. The number of hydrogen-bond acceptors (Lipinski definition) is 8. The molecule has 2 bridgehead atoms. The highest BCUT2D eigenvalue weighted by Crippen LogP contribution is 2.48. The third-order valence-electron chi connectivity index (χ3n) is 8.57. The summed E-state index contributed by atoms with van der Waals surface area (Å²) < 4.78 is 32.4. The number of piperazine rings is 1. The molecule has 4 fully saturated rings. The number of ether oxygens (including phenoxy) is 1. The van der Waals surface area contributed by atoms with Gasteiger partial charge in [0.2, 0.25) is 21.8 Å². The zero-order chi connectivity index (χ0) is 29.9. The van der Waals surface area contributed by atoms with Gasteiger partial charge in [-0.15, -0.1) is 0 Å². The molecule has 3 aliphatic heterocycles. The van der Waals surface area contributed by atoms with Crippen molar-refractivity contribution in [3.05, 3.63) is 29.8 Å². The highest BCUT2D eigenvalue weighted by Gasteiger charge is 2.56. The van der Waals surface area contributed by atoms with Crippen molar-refractivity contribution in [2.75, 3.05) is 20.1 Å². The summed E-state index contributed by atoms with van der Waals surface area (Å²) in [5, 5.41) is 12.4. The maximum Gasteiger partial charge on any atom is 0.408 e. The molecule has 3 amide bonds. The minimum atomic E-state index is -3.63. The number of sulfonamides is 1. The zero-order valence-corrected chi connectivity index (χ0v) is 24.8. The van der Waals surface area contributed by atoms with Crippen LogP contribution in [-0.4, -0.2) is 97.0 Å². The van der Waals surface area contributed by atoms with Gasteiger partial charge in [-0.2, -0.15) is 5.26 Å². The summed E-state index contributed by atoms with van der Waals surface area (Å²) >= 11 is 0. The Morgan fingerprint density at radius 1 is 1.22 bits per heavy atom. The molecule has 2 N–H and O–H groups in total. The molecule has 7 atom stereocenters. The fraction of sp³-hybridized carbons (Fsp3) is 0.643. The van der Waals surface area contributed by atoms with E-state index in [0.717, 1.165) is 6.42 Å². The van der Waals surface area contributed by atoms with E-state index < -0.39 is 39.8 Å². The van der Waals surface area contributed by atoms with Crippen molar-refractivity contribution in [3.8, 4) is 6.07 Å². The predicted octanol–water partition coefficient (Wildman–Crippen LogP) is 1.35. The molecule has 5 rings (SSSR count). The predicted molar refractivity (Wildman–Crippen MR) is 148 cm³/mol. The van der Waals surface area contributed by atoms with Gasteiger partial charge in [0.1, 0.15) is 17.7 Å². The van der Waals surface area contributed by atoms with Crippen LogP contribution in [0.3, 0.4) is 0 Å². The molecule has 4 aliphatic rings. The van der Waals surface area contributed by atoms with Gasteiger partial charge in [-0.3, -0.25) is 14.5 Å². The van der Waals surface area contributed by atoms with Crippen molar-refractivity contribution >= 4 is 27.9 Å². The molecule has 0 aromatic heterocycles. The number of hydrogen-bond donors (Lipinski definition) is 2. The van der Waals surface area contributed by atoms with E-state index >= 15 is 0 Å². The number of fused-ring (bicyclic) bond motifs is 3. The van der Waals surface area contributed by atoms with Crippen molar-refractivity contribution < 1.29 is 27.5 Å². The van der Waals surface area contributed by atoms with Gasteiger partial charge < -0.3 is 19.9 Å². The Morgan fingerprint density at radius 3 is 2.59 bits per heavy atom. The number of piperidine rings is 1. The van der Waals surface area contributed by atoms with E-state index in [1.807, 2.05) is 17.9 Å². The smallest absolute Gasteiger partial charge is 0.408 e. The Hall–Kier alpha value is -3.21. The van der Waals surface area contributed by atoms with Gasteiger partial charge in [0, 0.05) is 25.2 Å². The molecule has 0 spiro atoms. The number of benzene rings is 1. The number of alkyl carbamates (subject to hydrolysis) is 1. The van der Waals surface area contributed by atoms with Gasteiger partial charge >= 0.3 is 6.09 Å². The van der Waals surface area contributed by atoms with E-state index in [2.05, 4.69) is 16.1 Å². The lowest BCUT2D eigenvalue weighted by molar-refractivity contribution is -0.141. The molecule has 1 aliphatic carbocycles. The molecule has 12 nitrogen and oxygen atoms in total. The van der Waals surface area contributed by atoms with Crippen LogP contribution in [0.25, 0.3) is 0 Å². The van der Waals surface area contributed by atoms with Crippen LogP contribution in [0.15, 0.2) is 29.2 Å². The molecular formula is C28H38N6O6S. The molecule has 1 aromatic carbocycles. The fourth-order valence-corrected chi connectivity index (χ4v) is 7.34. The number of nitrogens with one attached hydrogen (secondary N) is 2. The number of carbonyl (C=O) groups is 3. The lowest BCUT2D eigenvalue weighted by atomic mass is 10.1. The number of amides is 3. The van der Waals surface area contributed by atoms with Gasteiger partial charge in [0.25, 0.3) is 0 Å². The molecule has 3 heterocycles. The summed E-state index contributed by atoms with van der Waals surface area (Å²) in [5.74, 6) is -0.0976. The topological polar surface area (TPSA) is 152 Å². The van der Waals surface area contributed by atoms with Crippen molar-refractivity contribution in [3.63, 3.8) is 0 Å². The van der Waals surface area contributed by atoms with Crippen LogP contribution in [0.2, 0.25) is 0 Å². The van der Waals surface area contributed by atoms with E-state index in [9.17, 15) is 28.1 Å². The molecule has 13 heteroatoms. The molecule has 222 valence electrons. The minimum Gasteiger partial charge on any atom is -0.444 e. The van der Waals surface area contributed by atoms with Crippen LogP contribution < -0.4 is 10.0 Å². The Morgan fingerprint density at radius 2 is 1.95 bits per heavy atom. The molecule has 0 radical (unpaired) electrons. The summed E-state index contributed by atoms with van der Waals surface area (Å²) in [5.41, 5.74) is -0.0467. The second-order valence-electron chi connectivity index (χ2n) is 12.4. The summed E-state index contributed by atoms with van der Waals surface area (Å²) in [7, 11) is -2.28. The van der Waals surface area contributed by atoms with Crippen molar-refractivity contribution in [2.24, 2.45) is 5.92 Å². The van der Waals surface area contributed by atoms with Crippen LogP contribution in [0.5, 0.6) is 0 Å². The first-order valence-corrected chi connectivity index (χ1v) is 15.5. The summed E-state index contributed by atoms with van der Waals surface area (Å²) in [4.78, 5) is 45.6. The second kappa shape index (κ2) is 10.6. The third-order valence-corrected chi connectivity index (χ3v) is 9.98. The van der Waals surface area contributed by atoms with Crippen LogP contribution in [-0.2, 0) is 24.3 Å². The van der Waals surface area contributed by atoms with E-state index in [0.29, 0.717) is 30.9 Å². The van der Waals surface area contributed by atoms with Crippen molar-refractivity contribution in [1.82, 2.24) is 24.7 Å². The fourth-order valence-electron chi connectivity index (χ4n) is 6.56. The number of likely N-dealkylation sites (tertiary alicyclic amines) is 3. The van der Waals surface area contributed by atoms with Crippen LogP contribution in [0, 0.1) is 17.2 Å². The summed E-state index contributed by atoms with van der Waals surface area (Å²) in [6.45, 7) is 7.72. The molecule has 1 aromatic rings. The van der Waals surface area contributed by atoms with Gasteiger partial charge in [-0.25, -0.2) is 17.9 Å². The highest BCUT2D eigenvalue weighted by atomic mass is 32.2. The number of carbonyl (C=O) groups excluding carboxylic acids is 3. The van der Waals surface area contributed by atoms with E-state index in [-0.39, 0.29) is 41.4 Å². The first-order chi connectivity index (χ1) is 19.2. The average Bonchev–Trinajstić information content (AvgIpc) is 3.23. The zero-order valence-electron chi connectivity index (χ0n) is 24.0. The third kappa shape index (κ3) is 5.65. The molecule has 1 saturated carbocycles. The van der Waals surface area contributed by atoms with Gasteiger partial charge in [-0.05, 0) is 77.6 Å². The lowest BCUT2D eigenvalue weighted by Crippen LogP contribution is -2.59. The maximum absolute atomic E-state index is 13.8. The maximum atomic E-state index is 13.8. The highest BCUT2D eigenvalue weighted by molar-refractivity contribution is 7.89. The van der Waals surface area contributed by atoms with Crippen molar-refractivity contribution in [1.29, 1.82) is 5.26 Å². The Labute approximate surface area is 241 Å². The number of rotatable bonds is 8. The van der Waals surface area contributed by atoms with E-state index in [1.165, 1.54) is 13.1 Å². The number of nitrogens with zero attached hydrogens (tertiary/aromatic N) is 4. The first kappa shape index (κ1) is 29.3. The van der Waals surface area contributed by atoms with Crippen molar-refractivity contribution in [2.45, 2.75) is 93.7 Å². The van der Waals surface area contributed by atoms with E-state index in [4.69, 9.17) is 4.74 Å². The van der Waals surface area contributed by atoms with Gasteiger partial charge in [-0.1, -0.05) is 12.1 Å². The second-order valence-corrected chi connectivity index (χ2v) is 14.3. The quantitative estimate of drug-likeness (QED) is 0.463. The Kier molecular flexibility index (Phi) is 7.55. The summed E-state index contributed by atoms with van der Waals surface area (Å²) in [6.07, 6.45) is 1.35. The monoisotopic (exact) mass is 586 g/mol. The Bertz CT molecular complexity index is 1390. The van der Waals surface area contributed by atoms with Gasteiger partial charge in [0.05, 0.1) is 23.0 Å². The minimum absolute atomic E-state index is 0.0191. The molecule has 3 saturated heterocycles. The normalized spacial score (nSPS) is 28.7. The average molecular weight is 587 g/mol. The molecular weight excluding hydrogens is 548 g/mol. The van der Waals surface area contributed by atoms with E-state index in [1.54, 1.807) is 42.7 Å². The molecule has 41 heavy (non-hydrogen) atoms. The molecule has 0 unspecified atom stereocenters. The standard InChI is InChI=1S/C28H38N6O6S/c1-16(17-7-6-8-21(10-17)41(38,39)30-5)33-20-12-24(26(33)36)32(14-20)15-22(31-27(37)40-28(2,3)4)25(35)34-19(13-29)9-18-11-23(18)34/h6-8,10,16,18-20,22-24,30H,9,11-12,14-15H2,1-5H3,(H,31,37)/t16-,18+,19-,20-,22-,23-,24-/m0/s1. The first-order valence-electron chi connectivity index (χ1n) is 14.0. The summed E-state index contributed by atoms with van der Waals surface area (Å²) in [6, 6.07) is 6.37. The number of nitriles is 1.